The van der Waals surface area contributed by atoms with Gasteiger partial charge in [-0.3, -0.25) is 4.98 Å². The van der Waals surface area contributed by atoms with Crippen LogP contribution in [0, 0.1) is 6.92 Å². The van der Waals surface area contributed by atoms with Gasteiger partial charge >= 0.3 is 0 Å². The van der Waals surface area contributed by atoms with Crippen LogP contribution in [0.5, 0.6) is 0 Å². The fourth-order valence-electron chi connectivity index (χ4n) is 1.97. The van der Waals surface area contributed by atoms with Crippen molar-refractivity contribution >= 4 is 10.0 Å². The molecule has 0 saturated heterocycles. The van der Waals surface area contributed by atoms with Gasteiger partial charge in [-0.15, -0.1) is 0 Å². The van der Waals surface area contributed by atoms with Gasteiger partial charge in [0.2, 0.25) is 10.0 Å². The molecule has 0 aliphatic carbocycles. The molecule has 1 aromatic heterocycles. The average molecular weight is 290 g/mol. The van der Waals surface area contributed by atoms with Crippen LogP contribution in [0.15, 0.2) is 53.7 Å². The van der Waals surface area contributed by atoms with Crippen LogP contribution in [0.4, 0.5) is 0 Å². The van der Waals surface area contributed by atoms with E-state index >= 15 is 0 Å². The van der Waals surface area contributed by atoms with Crippen molar-refractivity contribution < 1.29 is 8.42 Å². The van der Waals surface area contributed by atoms with E-state index in [4.69, 9.17) is 0 Å². The number of aryl methyl sites for hydroxylation is 1. The number of nitrogens with one attached hydrogen (secondary N) is 1. The second kappa shape index (κ2) is 5.34. The molecular weight excluding hydrogens is 272 g/mol. The number of hydrogen-bond donors (Lipinski definition) is 1. The lowest BCUT2D eigenvalue weighted by Gasteiger charge is -2.26. The minimum absolute atomic E-state index is 0.273. The molecule has 0 atom stereocenters. The van der Waals surface area contributed by atoms with E-state index in [2.05, 4.69) is 9.71 Å². The number of hydrogen-bond acceptors (Lipinski definition) is 3. The lowest BCUT2D eigenvalue weighted by molar-refractivity contribution is 0.470. The molecule has 20 heavy (non-hydrogen) atoms. The number of pyridine rings is 1. The molecule has 4 nitrogen and oxygen atoms in total. The Hall–Kier alpha value is -1.72. The van der Waals surface area contributed by atoms with Crippen LogP contribution in [-0.2, 0) is 15.6 Å². The predicted octanol–water partition coefficient (Wildman–Crippen LogP) is 2.60. The third-order valence-corrected chi connectivity index (χ3v) is 4.73. The minimum Gasteiger partial charge on any atom is -0.264 e. The lowest BCUT2D eigenvalue weighted by Crippen LogP contribution is -2.40. The van der Waals surface area contributed by atoms with Crippen molar-refractivity contribution in [2.45, 2.75) is 31.2 Å². The van der Waals surface area contributed by atoms with Gasteiger partial charge in [-0.1, -0.05) is 18.2 Å². The van der Waals surface area contributed by atoms with E-state index in [1.807, 2.05) is 32.9 Å². The Bertz CT molecular complexity index is 695. The van der Waals surface area contributed by atoms with Crippen LogP contribution in [-0.4, -0.2) is 13.4 Å². The van der Waals surface area contributed by atoms with E-state index in [0.29, 0.717) is 0 Å². The summed E-state index contributed by atoms with van der Waals surface area (Å²) in [5, 5.41) is 0. The average Bonchev–Trinajstić information content (AvgIpc) is 2.39. The molecule has 2 aromatic rings. The highest BCUT2D eigenvalue weighted by Crippen LogP contribution is 2.22. The Morgan fingerprint density at radius 1 is 1.15 bits per heavy atom. The second-order valence-corrected chi connectivity index (χ2v) is 6.97. The van der Waals surface area contributed by atoms with Gasteiger partial charge in [0.15, 0.2) is 0 Å². The molecule has 0 aliphatic heterocycles. The Morgan fingerprint density at radius 2 is 1.90 bits per heavy atom. The zero-order chi connectivity index (χ0) is 14.8. The van der Waals surface area contributed by atoms with Crippen molar-refractivity contribution in [2.24, 2.45) is 0 Å². The smallest absolute Gasteiger partial charge is 0.241 e. The molecule has 0 fully saturated rings. The number of aromatic nitrogens is 1. The minimum atomic E-state index is -3.57. The van der Waals surface area contributed by atoms with Crippen molar-refractivity contribution in [3.63, 3.8) is 0 Å². The molecule has 0 unspecified atom stereocenters. The fourth-order valence-corrected chi connectivity index (χ4v) is 3.48. The van der Waals surface area contributed by atoms with E-state index in [0.717, 1.165) is 11.1 Å². The Labute approximate surface area is 119 Å². The van der Waals surface area contributed by atoms with Gasteiger partial charge in [0.05, 0.1) is 10.4 Å². The van der Waals surface area contributed by atoms with Crippen LogP contribution in [0.2, 0.25) is 0 Å². The maximum Gasteiger partial charge on any atom is 0.241 e. The number of nitrogens with zero attached hydrogens (tertiary/aromatic N) is 1. The van der Waals surface area contributed by atoms with Gasteiger partial charge in [0.25, 0.3) is 0 Å². The van der Waals surface area contributed by atoms with Gasteiger partial charge in [0, 0.05) is 12.4 Å². The molecule has 0 amide bonds. The van der Waals surface area contributed by atoms with Crippen LogP contribution < -0.4 is 4.72 Å². The number of rotatable bonds is 4. The highest BCUT2D eigenvalue weighted by atomic mass is 32.2. The maximum atomic E-state index is 12.4. The number of sulfonamides is 1. The third kappa shape index (κ3) is 3.23. The zero-order valence-corrected chi connectivity index (χ0v) is 12.6. The lowest BCUT2D eigenvalue weighted by atomic mass is 9.98. The quantitative estimate of drug-likeness (QED) is 0.941. The summed E-state index contributed by atoms with van der Waals surface area (Å²) in [5.74, 6) is 0. The molecular formula is C15H18N2O2S. The van der Waals surface area contributed by atoms with Gasteiger partial charge < -0.3 is 0 Å². The van der Waals surface area contributed by atoms with E-state index in [1.54, 1.807) is 36.7 Å². The summed E-state index contributed by atoms with van der Waals surface area (Å²) in [6, 6.07) is 10.5. The van der Waals surface area contributed by atoms with Crippen molar-refractivity contribution in [3.8, 4) is 0 Å². The highest BCUT2D eigenvalue weighted by Gasteiger charge is 2.28. The van der Waals surface area contributed by atoms with Crippen molar-refractivity contribution in [3.05, 3.63) is 59.9 Å². The van der Waals surface area contributed by atoms with E-state index in [1.165, 1.54) is 0 Å². The monoisotopic (exact) mass is 290 g/mol. The van der Waals surface area contributed by atoms with Crippen molar-refractivity contribution in [2.75, 3.05) is 0 Å². The first-order valence-electron chi connectivity index (χ1n) is 6.32. The molecule has 0 radical (unpaired) electrons. The van der Waals surface area contributed by atoms with Crippen molar-refractivity contribution in [1.29, 1.82) is 0 Å². The summed E-state index contributed by atoms with van der Waals surface area (Å²) in [6.45, 7) is 5.50. The van der Waals surface area contributed by atoms with E-state index in [-0.39, 0.29) is 4.90 Å². The van der Waals surface area contributed by atoms with Gasteiger partial charge in [-0.25, -0.2) is 13.1 Å². The molecule has 5 heteroatoms. The molecule has 0 spiro atoms. The standard InChI is InChI=1S/C15H18N2O2S/c1-12-6-4-8-14(10-12)20(18,19)17-15(2,3)13-7-5-9-16-11-13/h4-11,17H,1-3H3. The molecule has 0 bridgehead atoms. The van der Waals surface area contributed by atoms with Gasteiger partial charge in [-0.05, 0) is 50.1 Å². The summed E-state index contributed by atoms with van der Waals surface area (Å²) in [7, 11) is -3.57. The predicted molar refractivity (Wildman–Crippen MR) is 78.8 cm³/mol. The molecule has 1 N–H and O–H groups in total. The summed E-state index contributed by atoms with van der Waals surface area (Å²) in [6.07, 6.45) is 3.33. The molecule has 0 saturated carbocycles. The molecule has 1 aromatic carbocycles. The van der Waals surface area contributed by atoms with Crippen LogP contribution >= 0.6 is 0 Å². The first-order chi connectivity index (χ1) is 9.31. The van der Waals surface area contributed by atoms with Crippen molar-refractivity contribution in [1.82, 2.24) is 9.71 Å². The third-order valence-electron chi connectivity index (χ3n) is 3.07. The Balaban J connectivity index is 2.33. The number of benzene rings is 1. The summed E-state index contributed by atoms with van der Waals surface area (Å²) < 4.78 is 27.6. The van der Waals surface area contributed by atoms with Crippen LogP contribution in [0.25, 0.3) is 0 Å². The fraction of sp³-hybridized carbons (Fsp3) is 0.267. The molecule has 106 valence electrons. The maximum absolute atomic E-state index is 12.4. The van der Waals surface area contributed by atoms with E-state index < -0.39 is 15.6 Å². The first-order valence-corrected chi connectivity index (χ1v) is 7.81. The second-order valence-electron chi connectivity index (χ2n) is 5.29. The largest absolute Gasteiger partial charge is 0.264 e. The SMILES string of the molecule is Cc1cccc(S(=O)(=O)NC(C)(C)c2cccnc2)c1. The summed E-state index contributed by atoms with van der Waals surface area (Å²) >= 11 is 0. The van der Waals surface area contributed by atoms with Crippen LogP contribution in [0.3, 0.4) is 0 Å². The molecule has 1 heterocycles. The first kappa shape index (κ1) is 14.7. The molecule has 0 aliphatic rings. The normalized spacial score (nSPS) is 12.3. The van der Waals surface area contributed by atoms with Gasteiger partial charge in [-0.2, -0.15) is 0 Å². The Kier molecular flexibility index (Phi) is 3.92. The highest BCUT2D eigenvalue weighted by molar-refractivity contribution is 7.89. The molecule has 2 rings (SSSR count). The summed E-state index contributed by atoms with van der Waals surface area (Å²) in [5.41, 5.74) is 1.000. The topological polar surface area (TPSA) is 59.1 Å². The van der Waals surface area contributed by atoms with E-state index in [9.17, 15) is 8.42 Å². The Morgan fingerprint density at radius 3 is 2.50 bits per heavy atom. The van der Waals surface area contributed by atoms with Crippen LogP contribution in [0.1, 0.15) is 25.0 Å². The van der Waals surface area contributed by atoms with Gasteiger partial charge in [0.1, 0.15) is 0 Å². The summed E-state index contributed by atoms with van der Waals surface area (Å²) in [4.78, 5) is 4.31. The zero-order valence-electron chi connectivity index (χ0n) is 11.8.